The molecule has 0 saturated carbocycles. The number of benzene rings is 1. The second kappa shape index (κ2) is 21.7. The third-order valence-electron chi connectivity index (χ3n) is 5.51. The Hall–Kier alpha value is -2.98. The molecule has 0 fully saturated rings. The van der Waals surface area contributed by atoms with E-state index in [-0.39, 0.29) is 32.1 Å². The Morgan fingerprint density at radius 1 is 0.905 bits per heavy atom. The summed E-state index contributed by atoms with van der Waals surface area (Å²) in [6, 6.07) is 6.94. The minimum Gasteiger partial charge on any atom is -0.481 e. The van der Waals surface area contributed by atoms with Gasteiger partial charge >= 0.3 is 5.97 Å². The van der Waals surface area contributed by atoms with E-state index in [0.717, 1.165) is 16.9 Å². The van der Waals surface area contributed by atoms with Crippen molar-refractivity contribution in [2.45, 2.75) is 32.9 Å². The van der Waals surface area contributed by atoms with Crippen molar-refractivity contribution in [1.82, 2.24) is 4.98 Å². The van der Waals surface area contributed by atoms with E-state index in [1.807, 2.05) is 13.8 Å². The van der Waals surface area contributed by atoms with Crippen molar-refractivity contribution in [3.05, 3.63) is 40.4 Å². The average molecular weight is 612 g/mol. The summed E-state index contributed by atoms with van der Waals surface area (Å²) in [7, 11) is 0. The Bertz CT molecular complexity index is 1050. The molecule has 1 atom stereocenters. The number of ether oxygens (including phenoxy) is 6. The van der Waals surface area contributed by atoms with Crippen LogP contribution in [0.15, 0.2) is 24.3 Å². The zero-order chi connectivity index (χ0) is 30.4. The Morgan fingerprint density at radius 2 is 1.50 bits per heavy atom. The lowest BCUT2D eigenvalue weighted by atomic mass is 10.1. The number of para-hydroxylation sites is 1. The molecule has 0 aliphatic carbocycles. The van der Waals surface area contributed by atoms with Crippen molar-refractivity contribution >= 4 is 40.3 Å². The van der Waals surface area contributed by atoms with E-state index in [0.29, 0.717) is 75.7 Å². The van der Waals surface area contributed by atoms with Crippen LogP contribution in [0.25, 0.3) is 0 Å². The fraction of sp³-hybridized carbons (Fsp3) is 0.571. The molecule has 1 heterocycles. The third-order valence-corrected chi connectivity index (χ3v) is 6.50. The number of nitrogens with one attached hydrogen (secondary N) is 2. The van der Waals surface area contributed by atoms with Crippen LogP contribution in [-0.4, -0.2) is 107 Å². The molecule has 0 saturated heterocycles. The van der Waals surface area contributed by atoms with Crippen LogP contribution < -0.4 is 10.6 Å². The van der Waals surface area contributed by atoms with Gasteiger partial charge in [-0.1, -0.05) is 12.1 Å². The number of nitrogens with zero attached hydrogens (tertiary/aromatic N) is 1. The van der Waals surface area contributed by atoms with E-state index >= 15 is 0 Å². The van der Waals surface area contributed by atoms with E-state index < -0.39 is 12.2 Å². The number of thiazole rings is 1. The number of aryl methyl sites for hydroxylation is 2. The maximum Gasteiger partial charge on any atom is 0.305 e. The van der Waals surface area contributed by atoms with Gasteiger partial charge in [0.2, 0.25) is 0 Å². The second-order valence-electron chi connectivity index (χ2n) is 8.79. The van der Waals surface area contributed by atoms with Crippen LogP contribution in [-0.2, 0) is 38.0 Å². The maximum atomic E-state index is 13.0. The maximum absolute atomic E-state index is 13.0. The van der Waals surface area contributed by atoms with E-state index in [2.05, 4.69) is 15.6 Å². The van der Waals surface area contributed by atoms with Gasteiger partial charge in [0.1, 0.15) is 6.29 Å². The summed E-state index contributed by atoms with van der Waals surface area (Å²) in [6.45, 7) is 7.41. The van der Waals surface area contributed by atoms with Crippen LogP contribution in [0.3, 0.4) is 0 Å². The molecule has 1 unspecified atom stereocenters. The normalized spacial score (nSPS) is 11.8. The van der Waals surface area contributed by atoms with Crippen molar-refractivity contribution < 1.29 is 47.9 Å². The van der Waals surface area contributed by atoms with E-state index in [4.69, 9.17) is 33.5 Å². The zero-order valence-corrected chi connectivity index (χ0v) is 24.9. The van der Waals surface area contributed by atoms with Gasteiger partial charge in [-0.05, 0) is 26.0 Å². The molecular weight excluding hydrogens is 570 g/mol. The molecule has 2 aromatic rings. The van der Waals surface area contributed by atoms with Gasteiger partial charge in [0.05, 0.1) is 90.4 Å². The largest absolute Gasteiger partial charge is 0.481 e. The quantitative estimate of drug-likeness (QED) is 0.0856. The highest BCUT2D eigenvalue weighted by atomic mass is 32.1. The number of aliphatic carboxylic acids is 1. The SMILES string of the molecule is Cc1nc(NC(=O)c2ccccc2NC(COCCOCCOCCOCCOCCC=O)OCCC(=O)O)sc1C. The number of carbonyl (C=O) groups excluding carboxylic acids is 2. The summed E-state index contributed by atoms with van der Waals surface area (Å²) in [4.78, 5) is 39.5. The molecule has 0 aliphatic heterocycles. The lowest BCUT2D eigenvalue weighted by Crippen LogP contribution is -2.31. The summed E-state index contributed by atoms with van der Waals surface area (Å²) in [5.41, 5.74) is 1.75. The average Bonchev–Trinajstić information content (AvgIpc) is 3.28. The van der Waals surface area contributed by atoms with Gasteiger partial charge in [-0.15, -0.1) is 11.3 Å². The van der Waals surface area contributed by atoms with Crippen molar-refractivity contribution in [3.63, 3.8) is 0 Å². The first kappa shape index (κ1) is 35.2. The lowest BCUT2D eigenvalue weighted by Gasteiger charge is -2.22. The third kappa shape index (κ3) is 15.3. The minimum atomic E-state index is -0.981. The van der Waals surface area contributed by atoms with Crippen molar-refractivity contribution in [1.29, 1.82) is 0 Å². The molecule has 14 heteroatoms. The summed E-state index contributed by atoms with van der Waals surface area (Å²) < 4.78 is 32.9. The number of hydrogen-bond donors (Lipinski definition) is 3. The Morgan fingerprint density at radius 3 is 2.07 bits per heavy atom. The topological polar surface area (TPSA) is 164 Å². The molecule has 234 valence electrons. The Kier molecular flexibility index (Phi) is 18.2. The molecule has 13 nitrogen and oxygen atoms in total. The van der Waals surface area contributed by atoms with Crippen LogP contribution in [0.1, 0.15) is 33.8 Å². The number of hydrogen-bond acceptors (Lipinski definition) is 12. The van der Waals surface area contributed by atoms with Gasteiger partial charge in [-0.25, -0.2) is 4.98 Å². The molecule has 42 heavy (non-hydrogen) atoms. The fourth-order valence-corrected chi connectivity index (χ4v) is 4.10. The molecule has 1 aromatic heterocycles. The number of rotatable bonds is 25. The predicted molar refractivity (Wildman–Crippen MR) is 156 cm³/mol. The van der Waals surface area contributed by atoms with Crippen LogP contribution in [0, 0.1) is 13.8 Å². The van der Waals surface area contributed by atoms with Crippen molar-refractivity contribution in [3.8, 4) is 0 Å². The first-order valence-corrected chi connectivity index (χ1v) is 14.5. The standard InChI is InChI=1S/C28H41N3O10S/c1-21-22(2)42-28(29-21)31-27(35)23-6-3-4-7-24(23)30-25(41-11-8-26(33)34)20-40-19-18-39-17-16-38-15-14-37-13-12-36-10-5-9-32/h3-4,6-7,9,25,30H,5,8,10-20H2,1-2H3,(H,33,34)(H,29,31,35). The molecule has 0 radical (unpaired) electrons. The van der Waals surface area contributed by atoms with Crippen LogP contribution >= 0.6 is 11.3 Å². The first-order chi connectivity index (χ1) is 20.4. The van der Waals surface area contributed by atoms with Gasteiger partial charge < -0.3 is 43.6 Å². The van der Waals surface area contributed by atoms with Crippen molar-refractivity contribution in [2.24, 2.45) is 0 Å². The lowest BCUT2D eigenvalue weighted by molar-refractivity contribution is -0.138. The van der Waals surface area contributed by atoms with Crippen LogP contribution in [0.5, 0.6) is 0 Å². The Labute approximate surface area is 249 Å². The summed E-state index contributed by atoms with van der Waals surface area (Å²) in [6.07, 6.45) is 0.316. The van der Waals surface area contributed by atoms with Gasteiger partial charge in [0.25, 0.3) is 5.91 Å². The number of carboxylic acids is 1. The molecular formula is C28H41N3O10S. The zero-order valence-electron chi connectivity index (χ0n) is 24.1. The van der Waals surface area contributed by atoms with Gasteiger partial charge in [0.15, 0.2) is 11.4 Å². The number of aromatic nitrogens is 1. The number of anilines is 2. The molecule has 3 N–H and O–H groups in total. The van der Waals surface area contributed by atoms with Crippen LogP contribution in [0.2, 0.25) is 0 Å². The summed E-state index contributed by atoms with van der Waals surface area (Å²) >= 11 is 1.40. The van der Waals surface area contributed by atoms with E-state index in [9.17, 15) is 14.4 Å². The highest BCUT2D eigenvalue weighted by Gasteiger charge is 2.17. The predicted octanol–water partition coefficient (Wildman–Crippen LogP) is 2.91. The van der Waals surface area contributed by atoms with E-state index in [1.165, 1.54) is 11.3 Å². The molecule has 0 aliphatic rings. The minimum absolute atomic E-state index is 0.0346. The monoisotopic (exact) mass is 611 g/mol. The molecule has 0 spiro atoms. The number of amides is 1. The second-order valence-corrected chi connectivity index (χ2v) is 9.99. The number of carbonyl (C=O) groups is 3. The van der Waals surface area contributed by atoms with Gasteiger partial charge in [-0.3, -0.25) is 14.9 Å². The molecule has 1 aromatic carbocycles. The molecule has 1 amide bonds. The van der Waals surface area contributed by atoms with E-state index in [1.54, 1.807) is 24.3 Å². The summed E-state index contributed by atoms with van der Waals surface area (Å²) in [5, 5.41) is 15.5. The molecule has 2 rings (SSSR count). The smallest absolute Gasteiger partial charge is 0.305 e. The first-order valence-electron chi connectivity index (χ1n) is 13.7. The number of aldehydes is 1. The van der Waals surface area contributed by atoms with Crippen LogP contribution in [0.4, 0.5) is 10.8 Å². The fourth-order valence-electron chi connectivity index (χ4n) is 3.29. The van der Waals surface area contributed by atoms with Gasteiger partial charge in [-0.2, -0.15) is 0 Å². The Balaban J connectivity index is 1.70. The highest BCUT2D eigenvalue weighted by molar-refractivity contribution is 7.15. The molecule has 0 bridgehead atoms. The van der Waals surface area contributed by atoms with Crippen molar-refractivity contribution in [2.75, 3.05) is 83.3 Å². The van der Waals surface area contributed by atoms with Gasteiger partial charge in [0, 0.05) is 17.0 Å². The number of carboxylic acid groups (broad SMARTS) is 1. The summed E-state index contributed by atoms with van der Waals surface area (Å²) in [5.74, 6) is -1.31. The highest BCUT2D eigenvalue weighted by Crippen LogP contribution is 2.23.